The highest BCUT2D eigenvalue weighted by Gasteiger charge is 2.26. The summed E-state index contributed by atoms with van der Waals surface area (Å²) in [4.78, 5) is 30.7. The topological polar surface area (TPSA) is 99.1 Å². The molecule has 0 saturated carbocycles. The van der Waals surface area contributed by atoms with Crippen molar-refractivity contribution >= 4 is 44.2 Å². The number of amides is 1. The van der Waals surface area contributed by atoms with Crippen LogP contribution in [0, 0.1) is 0 Å². The van der Waals surface area contributed by atoms with Gasteiger partial charge in [-0.15, -0.1) is 0 Å². The lowest BCUT2D eigenvalue weighted by Gasteiger charge is -2.27. The summed E-state index contributed by atoms with van der Waals surface area (Å²) in [5.41, 5.74) is 0.756. The Balaban J connectivity index is 1.67. The van der Waals surface area contributed by atoms with Gasteiger partial charge in [0.15, 0.2) is 5.13 Å². The lowest BCUT2D eigenvalue weighted by Crippen LogP contribution is -2.39. The van der Waals surface area contributed by atoms with E-state index >= 15 is 0 Å². The summed E-state index contributed by atoms with van der Waals surface area (Å²) in [5.74, 6) is 0.487. The second-order valence-electron chi connectivity index (χ2n) is 7.47. The number of hydrogen-bond acceptors (Lipinski definition) is 10. The fraction of sp³-hybridized carbons (Fsp3) is 0.455. The zero-order valence-corrected chi connectivity index (χ0v) is 20.8. The van der Waals surface area contributed by atoms with Crippen LogP contribution in [0.5, 0.6) is 17.6 Å². The molecule has 1 aliphatic rings. The monoisotopic (exact) mass is 507 g/mol. The van der Waals surface area contributed by atoms with Gasteiger partial charge in [0.1, 0.15) is 17.0 Å². The van der Waals surface area contributed by atoms with Gasteiger partial charge in [-0.1, -0.05) is 22.9 Å². The predicted molar refractivity (Wildman–Crippen MR) is 130 cm³/mol. The van der Waals surface area contributed by atoms with Crippen molar-refractivity contribution in [2.24, 2.45) is 0 Å². The summed E-state index contributed by atoms with van der Waals surface area (Å²) in [6.45, 7) is 4.46. The smallest absolute Gasteiger partial charge is 0.320 e. The predicted octanol–water partition coefficient (Wildman–Crippen LogP) is 3.13. The molecule has 2 aromatic heterocycles. The van der Waals surface area contributed by atoms with Crippen LogP contribution in [0.25, 0.3) is 10.2 Å². The molecule has 4 rings (SSSR count). The molecule has 1 aliphatic heterocycles. The van der Waals surface area contributed by atoms with Crippen molar-refractivity contribution < 1.29 is 23.7 Å². The first-order valence-corrected chi connectivity index (χ1v) is 12.0. The molecule has 0 bridgehead atoms. The maximum absolute atomic E-state index is 13.7. The molecule has 0 aliphatic carbocycles. The number of thiazole rings is 1. The summed E-state index contributed by atoms with van der Waals surface area (Å²) in [7, 11) is 4.48. The normalized spacial score (nSPS) is 14.2. The summed E-state index contributed by atoms with van der Waals surface area (Å²) in [6, 6.07) is 5.06. The highest BCUT2D eigenvalue weighted by molar-refractivity contribution is 7.23. The van der Waals surface area contributed by atoms with E-state index in [1.807, 2.05) is 0 Å². The molecule has 3 aromatic rings. The van der Waals surface area contributed by atoms with E-state index < -0.39 is 0 Å². The van der Waals surface area contributed by atoms with Gasteiger partial charge in [-0.05, 0) is 18.6 Å². The third-order valence-corrected chi connectivity index (χ3v) is 6.93. The lowest BCUT2D eigenvalue weighted by atomic mass is 10.3. The van der Waals surface area contributed by atoms with E-state index in [0.717, 1.165) is 44.0 Å². The van der Waals surface area contributed by atoms with Gasteiger partial charge in [-0.3, -0.25) is 14.6 Å². The van der Waals surface area contributed by atoms with Gasteiger partial charge in [-0.2, -0.15) is 9.97 Å². The van der Waals surface area contributed by atoms with Gasteiger partial charge in [0.25, 0.3) is 5.91 Å². The van der Waals surface area contributed by atoms with E-state index in [4.69, 9.17) is 35.5 Å². The minimum atomic E-state index is -0.338. The summed E-state index contributed by atoms with van der Waals surface area (Å²) >= 11 is 7.76. The van der Waals surface area contributed by atoms with Gasteiger partial charge >= 0.3 is 6.01 Å². The van der Waals surface area contributed by atoms with E-state index in [0.29, 0.717) is 28.0 Å². The number of hydrogen-bond donors (Lipinski definition) is 0. The molecule has 1 amide bonds. The number of aromatic nitrogens is 3. The van der Waals surface area contributed by atoms with Gasteiger partial charge in [-0.25, -0.2) is 4.98 Å². The van der Waals surface area contributed by atoms with Crippen LogP contribution < -0.4 is 19.1 Å². The van der Waals surface area contributed by atoms with Crippen molar-refractivity contribution in [3.8, 4) is 17.6 Å². The molecular formula is C22H26ClN5O5S. The fourth-order valence-corrected chi connectivity index (χ4v) is 4.91. The van der Waals surface area contributed by atoms with Gasteiger partial charge in [0.2, 0.25) is 5.88 Å². The molecule has 0 spiro atoms. The SMILES string of the molecule is COc1cc(C(=O)N(CCCN2CCOCC2)c2nc3c(OC)ccc(Cl)c3s2)nc(OC)n1. The molecule has 10 nitrogen and oxygen atoms in total. The fourth-order valence-electron chi connectivity index (χ4n) is 3.63. The number of fused-ring (bicyclic) bond motifs is 1. The Morgan fingerprint density at radius 3 is 2.65 bits per heavy atom. The summed E-state index contributed by atoms with van der Waals surface area (Å²) in [6.07, 6.45) is 0.742. The van der Waals surface area contributed by atoms with Crippen LogP contribution in [-0.2, 0) is 4.74 Å². The van der Waals surface area contributed by atoms with Crippen molar-refractivity contribution in [1.82, 2.24) is 19.9 Å². The number of ether oxygens (including phenoxy) is 4. The average molecular weight is 508 g/mol. The molecule has 0 N–H and O–H groups in total. The average Bonchev–Trinajstić information content (AvgIpc) is 3.33. The second kappa shape index (κ2) is 11.1. The highest BCUT2D eigenvalue weighted by Crippen LogP contribution is 2.39. The second-order valence-corrected chi connectivity index (χ2v) is 8.86. The zero-order chi connectivity index (χ0) is 24.1. The Kier molecular flexibility index (Phi) is 7.99. The molecule has 1 fully saturated rings. The van der Waals surface area contributed by atoms with Crippen LogP contribution in [0.3, 0.4) is 0 Å². The maximum Gasteiger partial charge on any atom is 0.320 e. The Hall–Kier alpha value is -2.73. The molecule has 0 unspecified atom stereocenters. The van der Waals surface area contributed by atoms with Crippen LogP contribution in [0.15, 0.2) is 18.2 Å². The number of rotatable bonds is 9. The number of benzene rings is 1. The van der Waals surface area contributed by atoms with E-state index in [9.17, 15) is 4.79 Å². The minimum Gasteiger partial charge on any atom is -0.494 e. The van der Waals surface area contributed by atoms with Crippen molar-refractivity contribution in [1.29, 1.82) is 0 Å². The molecule has 3 heterocycles. The van der Waals surface area contributed by atoms with E-state index in [1.165, 1.54) is 31.6 Å². The first-order valence-electron chi connectivity index (χ1n) is 10.8. The van der Waals surface area contributed by atoms with E-state index in [1.54, 1.807) is 24.1 Å². The molecule has 182 valence electrons. The van der Waals surface area contributed by atoms with Gasteiger partial charge in [0.05, 0.1) is 44.3 Å². The minimum absolute atomic E-state index is 0.0463. The van der Waals surface area contributed by atoms with Crippen LogP contribution in [-0.4, -0.2) is 86.5 Å². The Morgan fingerprint density at radius 1 is 1.15 bits per heavy atom. The number of morpholine rings is 1. The molecule has 12 heteroatoms. The van der Waals surface area contributed by atoms with Gasteiger partial charge in [0, 0.05) is 32.2 Å². The molecule has 0 atom stereocenters. The third-order valence-electron chi connectivity index (χ3n) is 5.40. The molecule has 1 saturated heterocycles. The first-order chi connectivity index (χ1) is 16.5. The number of carbonyl (C=O) groups is 1. The number of carbonyl (C=O) groups excluding carboxylic acids is 1. The molecule has 34 heavy (non-hydrogen) atoms. The molecule has 0 radical (unpaired) electrons. The quantitative estimate of drug-likeness (QED) is 0.432. The lowest BCUT2D eigenvalue weighted by molar-refractivity contribution is 0.0376. The van der Waals surface area contributed by atoms with Crippen molar-refractivity contribution in [3.63, 3.8) is 0 Å². The van der Waals surface area contributed by atoms with Crippen LogP contribution in [0.1, 0.15) is 16.9 Å². The highest BCUT2D eigenvalue weighted by atomic mass is 35.5. The summed E-state index contributed by atoms with van der Waals surface area (Å²) < 4.78 is 22.0. The Labute approximate surface area is 206 Å². The van der Waals surface area contributed by atoms with Crippen LogP contribution >= 0.6 is 22.9 Å². The van der Waals surface area contributed by atoms with Crippen molar-refractivity contribution in [2.45, 2.75) is 6.42 Å². The Bertz CT molecular complexity index is 1130. The largest absolute Gasteiger partial charge is 0.494 e. The van der Waals surface area contributed by atoms with E-state index in [-0.39, 0.29) is 23.5 Å². The Morgan fingerprint density at radius 2 is 1.94 bits per heavy atom. The maximum atomic E-state index is 13.7. The number of nitrogens with zero attached hydrogens (tertiary/aromatic N) is 5. The zero-order valence-electron chi connectivity index (χ0n) is 19.2. The number of halogens is 1. The van der Waals surface area contributed by atoms with Crippen molar-refractivity contribution in [2.75, 3.05) is 65.6 Å². The first kappa shape index (κ1) is 24.4. The standard InChI is InChI=1S/C22H26ClN5O5S/c1-30-16-6-5-14(23)19-18(16)26-22(34-19)28(8-4-7-27-9-11-33-12-10-27)20(29)15-13-17(31-2)25-21(24-15)32-3/h5-6,13H,4,7-12H2,1-3H3. The van der Waals surface area contributed by atoms with Crippen LogP contribution in [0.2, 0.25) is 5.02 Å². The van der Waals surface area contributed by atoms with Crippen molar-refractivity contribution in [3.05, 3.63) is 28.9 Å². The van der Waals surface area contributed by atoms with Gasteiger partial charge < -0.3 is 18.9 Å². The third kappa shape index (κ3) is 5.33. The molecular weight excluding hydrogens is 482 g/mol. The number of anilines is 1. The molecule has 1 aromatic carbocycles. The van der Waals surface area contributed by atoms with Crippen LogP contribution in [0.4, 0.5) is 5.13 Å². The summed E-state index contributed by atoms with van der Waals surface area (Å²) in [5, 5.41) is 1.05. The van der Waals surface area contributed by atoms with E-state index in [2.05, 4.69) is 14.9 Å². The number of methoxy groups -OCH3 is 3.